The molecule has 0 spiro atoms. The average Bonchev–Trinajstić information content (AvgIpc) is 3.22. The lowest BCUT2D eigenvalue weighted by atomic mass is 10.1. The van der Waals surface area contributed by atoms with Gasteiger partial charge in [0.05, 0.1) is 29.0 Å². The second-order valence-electron chi connectivity index (χ2n) is 6.95. The number of para-hydroxylation sites is 1. The van der Waals surface area contributed by atoms with E-state index in [1.807, 2.05) is 55.5 Å². The first kappa shape index (κ1) is 18.3. The molecule has 0 aliphatic rings. The van der Waals surface area contributed by atoms with Gasteiger partial charge in [0, 0.05) is 11.4 Å². The molecule has 5 aromatic rings. The van der Waals surface area contributed by atoms with E-state index in [4.69, 9.17) is 11.6 Å². The van der Waals surface area contributed by atoms with Crippen molar-refractivity contribution in [1.29, 1.82) is 0 Å². The van der Waals surface area contributed by atoms with Crippen molar-refractivity contribution < 1.29 is 0 Å². The number of hydrogen-bond donors (Lipinski definition) is 2. The van der Waals surface area contributed by atoms with Crippen LogP contribution >= 0.6 is 11.6 Å². The maximum atomic E-state index is 13.5. The van der Waals surface area contributed by atoms with Crippen molar-refractivity contribution >= 4 is 39.5 Å². The number of halogens is 1. The van der Waals surface area contributed by atoms with Gasteiger partial charge in [0.15, 0.2) is 5.65 Å². The van der Waals surface area contributed by atoms with Crippen molar-refractivity contribution in [2.75, 3.05) is 5.32 Å². The van der Waals surface area contributed by atoms with Crippen LogP contribution in [0.1, 0.15) is 18.7 Å². The molecular formula is C22H17ClN6O. The molecular weight excluding hydrogens is 400 g/mol. The van der Waals surface area contributed by atoms with E-state index in [-0.39, 0.29) is 11.6 Å². The number of aromatic amines is 1. The Hall–Kier alpha value is -3.71. The predicted octanol–water partition coefficient (Wildman–Crippen LogP) is 4.48. The van der Waals surface area contributed by atoms with Gasteiger partial charge in [0.1, 0.15) is 5.52 Å². The fraction of sp³-hybridized carbons (Fsp3) is 0.0909. The van der Waals surface area contributed by atoms with Crippen LogP contribution in [-0.2, 0) is 0 Å². The molecule has 3 heterocycles. The van der Waals surface area contributed by atoms with E-state index in [1.165, 1.54) is 0 Å². The molecule has 0 radical (unpaired) electrons. The van der Waals surface area contributed by atoms with Crippen LogP contribution in [0.3, 0.4) is 0 Å². The smallest absolute Gasteiger partial charge is 0.264 e. The zero-order valence-electron chi connectivity index (χ0n) is 16.0. The minimum absolute atomic E-state index is 0.170. The van der Waals surface area contributed by atoms with Crippen LogP contribution in [0.4, 0.5) is 5.95 Å². The molecule has 0 amide bonds. The molecule has 0 saturated heterocycles. The van der Waals surface area contributed by atoms with Crippen molar-refractivity contribution in [3.05, 3.63) is 88.2 Å². The number of rotatable bonds is 4. The number of H-pyrrole nitrogens is 1. The van der Waals surface area contributed by atoms with E-state index in [0.717, 1.165) is 22.3 Å². The van der Waals surface area contributed by atoms with E-state index in [0.29, 0.717) is 22.0 Å². The third-order valence-electron chi connectivity index (χ3n) is 5.00. The third kappa shape index (κ3) is 3.09. The molecule has 30 heavy (non-hydrogen) atoms. The maximum absolute atomic E-state index is 13.5. The van der Waals surface area contributed by atoms with Gasteiger partial charge in [-0.2, -0.15) is 4.98 Å². The molecule has 0 unspecified atom stereocenters. The topological polar surface area (TPSA) is 88.5 Å². The van der Waals surface area contributed by atoms with Gasteiger partial charge in [-0.1, -0.05) is 41.9 Å². The molecule has 0 fully saturated rings. The second-order valence-corrected chi connectivity index (χ2v) is 7.36. The Kier molecular flexibility index (Phi) is 4.44. The van der Waals surface area contributed by atoms with Crippen molar-refractivity contribution in [2.24, 2.45) is 0 Å². The van der Waals surface area contributed by atoms with Crippen LogP contribution in [0.25, 0.3) is 27.6 Å². The Bertz CT molecular complexity index is 1430. The van der Waals surface area contributed by atoms with Gasteiger partial charge >= 0.3 is 0 Å². The number of aromatic nitrogens is 5. The van der Waals surface area contributed by atoms with Gasteiger partial charge < -0.3 is 10.3 Å². The Morgan fingerprint density at radius 2 is 1.93 bits per heavy atom. The quantitative estimate of drug-likeness (QED) is 0.451. The van der Waals surface area contributed by atoms with Gasteiger partial charge in [-0.3, -0.25) is 9.36 Å². The average molecular weight is 417 g/mol. The molecule has 3 aromatic heterocycles. The zero-order chi connectivity index (χ0) is 20.7. The van der Waals surface area contributed by atoms with Crippen LogP contribution in [0, 0.1) is 0 Å². The summed E-state index contributed by atoms with van der Waals surface area (Å²) in [6.45, 7) is 1.96. The van der Waals surface area contributed by atoms with Crippen molar-refractivity contribution in [3.8, 4) is 5.69 Å². The Labute approximate surface area is 176 Å². The SMILES string of the molecule is C[C@H](Nc1ncc2[nH]cnc2n1)c1cc2cccc(Cl)c2c(=O)n1-c1ccccc1. The van der Waals surface area contributed by atoms with Crippen LogP contribution in [0.2, 0.25) is 5.02 Å². The Balaban J connectivity index is 1.67. The number of imidazole rings is 1. The Morgan fingerprint density at radius 1 is 1.10 bits per heavy atom. The third-order valence-corrected chi connectivity index (χ3v) is 5.32. The summed E-state index contributed by atoms with van der Waals surface area (Å²) >= 11 is 6.37. The molecule has 148 valence electrons. The van der Waals surface area contributed by atoms with E-state index in [9.17, 15) is 4.79 Å². The number of anilines is 1. The van der Waals surface area contributed by atoms with E-state index < -0.39 is 0 Å². The van der Waals surface area contributed by atoms with Crippen LogP contribution in [0.15, 0.2) is 71.9 Å². The first-order valence-electron chi connectivity index (χ1n) is 9.44. The van der Waals surface area contributed by atoms with Crippen molar-refractivity contribution in [2.45, 2.75) is 13.0 Å². The van der Waals surface area contributed by atoms with Crippen molar-refractivity contribution in [3.63, 3.8) is 0 Å². The summed E-state index contributed by atoms with van der Waals surface area (Å²) in [4.78, 5) is 29.4. The lowest BCUT2D eigenvalue weighted by Crippen LogP contribution is -2.26. The highest BCUT2D eigenvalue weighted by Gasteiger charge is 2.18. The largest absolute Gasteiger partial charge is 0.346 e. The summed E-state index contributed by atoms with van der Waals surface area (Å²) in [7, 11) is 0. The molecule has 1 atom stereocenters. The van der Waals surface area contributed by atoms with Gasteiger partial charge in [0.2, 0.25) is 5.95 Å². The van der Waals surface area contributed by atoms with Gasteiger partial charge in [0.25, 0.3) is 5.56 Å². The summed E-state index contributed by atoms with van der Waals surface area (Å²) < 4.78 is 1.68. The molecule has 5 rings (SSSR count). The molecule has 0 aliphatic heterocycles. The summed E-state index contributed by atoms with van der Waals surface area (Å²) in [6.07, 6.45) is 3.25. The van der Waals surface area contributed by atoms with Crippen LogP contribution < -0.4 is 10.9 Å². The minimum Gasteiger partial charge on any atom is -0.346 e. The van der Waals surface area contributed by atoms with E-state index in [1.54, 1.807) is 23.2 Å². The molecule has 7 nitrogen and oxygen atoms in total. The molecule has 0 aliphatic carbocycles. The van der Waals surface area contributed by atoms with E-state index >= 15 is 0 Å². The lowest BCUT2D eigenvalue weighted by Gasteiger charge is -2.21. The number of benzene rings is 2. The summed E-state index contributed by atoms with van der Waals surface area (Å²) in [5.41, 5.74) is 2.69. The Morgan fingerprint density at radius 3 is 2.77 bits per heavy atom. The van der Waals surface area contributed by atoms with Gasteiger partial charge in [-0.25, -0.2) is 9.97 Å². The van der Waals surface area contributed by atoms with Gasteiger partial charge in [-0.15, -0.1) is 0 Å². The molecule has 0 saturated carbocycles. The number of nitrogens with one attached hydrogen (secondary N) is 2. The molecule has 2 aromatic carbocycles. The highest BCUT2D eigenvalue weighted by Crippen LogP contribution is 2.26. The van der Waals surface area contributed by atoms with Crippen molar-refractivity contribution in [1.82, 2.24) is 24.5 Å². The standard InChI is InChI=1S/C22H17ClN6O/c1-13(27-22-24-11-17-20(28-22)26-12-25-17)18-10-14-6-5-9-16(23)19(14)21(30)29(18)15-7-3-2-4-8-15/h2-13H,1H3,(H2,24,25,26,27,28)/t13-/m0/s1. The number of fused-ring (bicyclic) bond motifs is 2. The first-order valence-corrected chi connectivity index (χ1v) is 9.82. The maximum Gasteiger partial charge on any atom is 0.264 e. The molecule has 8 heteroatoms. The first-order chi connectivity index (χ1) is 14.6. The molecule has 2 N–H and O–H groups in total. The second kappa shape index (κ2) is 7.27. The lowest BCUT2D eigenvalue weighted by molar-refractivity contribution is 0.768. The number of pyridine rings is 1. The fourth-order valence-electron chi connectivity index (χ4n) is 3.57. The zero-order valence-corrected chi connectivity index (χ0v) is 16.8. The predicted molar refractivity (Wildman–Crippen MR) is 118 cm³/mol. The minimum atomic E-state index is -0.266. The van der Waals surface area contributed by atoms with E-state index in [2.05, 4.69) is 25.3 Å². The summed E-state index contributed by atoms with van der Waals surface area (Å²) in [5, 5.41) is 5.00. The highest BCUT2D eigenvalue weighted by molar-refractivity contribution is 6.35. The molecule has 0 bridgehead atoms. The van der Waals surface area contributed by atoms with Crippen LogP contribution in [-0.4, -0.2) is 24.5 Å². The van der Waals surface area contributed by atoms with Crippen LogP contribution in [0.5, 0.6) is 0 Å². The number of hydrogen-bond acceptors (Lipinski definition) is 5. The van der Waals surface area contributed by atoms with Gasteiger partial charge in [-0.05, 0) is 36.6 Å². The monoisotopic (exact) mass is 416 g/mol. The normalized spacial score (nSPS) is 12.3. The fourth-order valence-corrected chi connectivity index (χ4v) is 3.84. The summed E-state index contributed by atoms with van der Waals surface area (Å²) in [6, 6.07) is 16.7. The number of nitrogens with zero attached hydrogens (tertiary/aromatic N) is 4. The highest BCUT2D eigenvalue weighted by atomic mass is 35.5. The summed E-state index contributed by atoms with van der Waals surface area (Å²) in [5.74, 6) is 0.431.